The molecule has 10 aromatic carbocycles. The highest BCUT2D eigenvalue weighted by molar-refractivity contribution is 6.05. The molecule has 484 valence electrons. The minimum absolute atomic E-state index is 0.00965. The number of rotatable bonds is 5. The van der Waals surface area contributed by atoms with E-state index in [4.69, 9.17) is 35.7 Å². The maximum atomic E-state index is 12.3. The predicted octanol–water partition coefficient (Wildman–Crippen LogP) is 6.96. The summed E-state index contributed by atoms with van der Waals surface area (Å²) in [4.78, 5) is 71.9. The number of aromatic nitrogens is 10. The first-order chi connectivity index (χ1) is 46.3. The molecule has 0 aliphatic rings. The molecule has 0 fully saturated rings. The van der Waals surface area contributed by atoms with Gasteiger partial charge in [0, 0.05) is 41.6 Å². The number of nitrogens with zero attached hydrogens (tertiary/aromatic N) is 10. The number of para-hydroxylation sites is 9. The molecule has 0 aliphatic heterocycles. The van der Waals surface area contributed by atoms with Crippen LogP contribution in [-0.2, 0) is 0 Å². The van der Waals surface area contributed by atoms with Crippen LogP contribution in [0.25, 0.3) is 99.3 Å². The number of carbonyl (C=O) groups is 5. The van der Waals surface area contributed by atoms with Gasteiger partial charge in [0.1, 0.15) is 33.6 Å². The molecule has 0 saturated carbocycles. The van der Waals surface area contributed by atoms with Crippen molar-refractivity contribution < 1.29 is 109 Å². The van der Waals surface area contributed by atoms with Crippen LogP contribution >= 0.6 is 0 Å². The van der Waals surface area contributed by atoms with Crippen LogP contribution in [0.5, 0.6) is 34.5 Å². The first-order valence-corrected chi connectivity index (χ1v) is 27.5. The molecule has 15 rings (SSSR count). The molecule has 0 atom stereocenters. The fourth-order valence-corrected chi connectivity index (χ4v) is 9.51. The topological polar surface area (TPSA) is 520 Å². The van der Waals surface area contributed by atoms with Crippen molar-refractivity contribution in [3.05, 3.63) is 242 Å². The van der Waals surface area contributed by atoms with Gasteiger partial charge in [0.15, 0.2) is 23.0 Å². The van der Waals surface area contributed by atoms with Gasteiger partial charge in [-0.1, -0.05) is 60.7 Å². The van der Waals surface area contributed by atoms with E-state index in [1.807, 2.05) is 12.1 Å². The largest absolute Gasteiger partial charge is 0.617 e. The van der Waals surface area contributed by atoms with Crippen molar-refractivity contribution in [2.24, 2.45) is 0 Å². The summed E-state index contributed by atoms with van der Waals surface area (Å²) in [7, 11) is 0. The predicted molar refractivity (Wildman–Crippen MR) is 337 cm³/mol. The lowest BCUT2D eigenvalue weighted by atomic mass is 10.1. The van der Waals surface area contributed by atoms with Crippen LogP contribution in [0.3, 0.4) is 0 Å². The summed E-state index contributed by atoms with van der Waals surface area (Å²) in [5, 5.41) is 164. The highest BCUT2D eigenvalue weighted by atomic mass is 16.8. The smallest absolute Gasteiger partial charge is 0.342 e. The monoisotopic (exact) mass is 1310 g/mol. The number of carboxylic acids is 5. The Morgan fingerprint density at radius 2 is 0.711 bits per heavy atom. The standard InChI is InChI=1S/2C13H8N2O5.2C13H8N2O3.C7H6O4.C6H4N2O2/c16-11-6-7(13(17)18)5-10-12(11)15(20)9-4-2-1-3-8(9)14(10)19;16-10-6-5-7(13(17)18)11-12(10)15(20)9-4-2-1-3-8(9)14(11)19;16-11-6-7(13(17)18)5-10-12(11)15-9-4-2-1-3-8(9)14-10;16-10-6-5-7(13(17)18)11-12(10)15-9-4-2-1-3-8(9)14-11;8-5-2-1-4(7(10)11)3-6(5)9;9-8-6-4-2-1-3-5(6)7-10-8/h2*1-6,16H,(H,17,18);2*1-6,16H,(H,17,18);1-3,8-9H,(H,10,11);1-4H. The summed E-state index contributed by atoms with van der Waals surface area (Å²) in [5.74, 6) is -7.99. The molecule has 97 heavy (non-hydrogen) atoms. The average molecular weight is 1320 g/mol. The zero-order chi connectivity index (χ0) is 69.7. The van der Waals surface area contributed by atoms with E-state index in [9.17, 15) is 70.4 Å². The third kappa shape index (κ3) is 13.2. The summed E-state index contributed by atoms with van der Waals surface area (Å²) in [6.07, 6.45) is 0. The minimum atomic E-state index is -1.35. The van der Waals surface area contributed by atoms with Crippen LogP contribution in [-0.4, -0.2) is 111 Å². The van der Waals surface area contributed by atoms with Crippen LogP contribution in [0.1, 0.15) is 51.8 Å². The second kappa shape index (κ2) is 26.9. The Morgan fingerprint density at radius 1 is 0.299 bits per heavy atom. The number of aromatic carboxylic acids is 5. The van der Waals surface area contributed by atoms with E-state index in [2.05, 4.69) is 29.7 Å². The van der Waals surface area contributed by atoms with Crippen LogP contribution in [0, 0.1) is 26.0 Å². The molecule has 0 amide bonds. The van der Waals surface area contributed by atoms with Crippen molar-refractivity contribution in [3.8, 4) is 34.5 Å². The van der Waals surface area contributed by atoms with Crippen molar-refractivity contribution in [2.75, 3.05) is 0 Å². The number of fused-ring (bicyclic) bond motifs is 9. The van der Waals surface area contributed by atoms with Gasteiger partial charge < -0.3 is 82.2 Å². The van der Waals surface area contributed by atoms with E-state index in [1.165, 1.54) is 54.6 Å². The molecule has 15 aromatic rings. The van der Waals surface area contributed by atoms with Gasteiger partial charge >= 0.3 is 46.4 Å². The van der Waals surface area contributed by atoms with E-state index < -0.39 is 47.1 Å². The lowest BCUT2D eigenvalue weighted by molar-refractivity contribution is -0.782. The number of benzene rings is 10. The summed E-state index contributed by atoms with van der Waals surface area (Å²) >= 11 is 0. The molecule has 0 unspecified atom stereocenters. The maximum absolute atomic E-state index is 12.3. The Hall–Kier alpha value is -14.9. The lowest BCUT2D eigenvalue weighted by Gasteiger charge is -2.09. The Bertz CT molecular complexity index is 5720. The first kappa shape index (κ1) is 65.1. The molecule has 5 aromatic heterocycles. The van der Waals surface area contributed by atoms with Gasteiger partial charge in [0.05, 0.1) is 49.8 Å². The fraction of sp³-hybridized carbons (Fsp3) is 0. The number of phenolic OH excluding ortho intramolecular Hbond substituents is 6. The summed E-state index contributed by atoms with van der Waals surface area (Å²) in [6.45, 7) is 0. The Morgan fingerprint density at radius 3 is 1.24 bits per heavy atom. The van der Waals surface area contributed by atoms with Crippen molar-refractivity contribution in [1.29, 1.82) is 0 Å². The Kier molecular flexibility index (Phi) is 18.1. The fourth-order valence-electron chi connectivity index (χ4n) is 9.51. The molecule has 0 bridgehead atoms. The molecule has 0 saturated heterocycles. The number of hydrogen-bond donors (Lipinski definition) is 11. The van der Waals surface area contributed by atoms with Crippen LogP contribution in [0.15, 0.2) is 193 Å². The molecular weight excluding hydrogens is 1270 g/mol. The van der Waals surface area contributed by atoms with Crippen molar-refractivity contribution in [3.63, 3.8) is 0 Å². The van der Waals surface area contributed by atoms with Gasteiger partial charge in [-0.15, -0.1) is 0 Å². The second-order valence-corrected chi connectivity index (χ2v) is 20.1. The van der Waals surface area contributed by atoms with E-state index in [-0.39, 0.29) is 100 Å². The minimum Gasteiger partial charge on any atom is -0.617 e. The van der Waals surface area contributed by atoms with Gasteiger partial charge in [-0.25, -0.2) is 43.9 Å². The van der Waals surface area contributed by atoms with Crippen molar-refractivity contribution in [1.82, 2.24) is 25.1 Å². The van der Waals surface area contributed by atoms with E-state index in [1.54, 1.807) is 84.9 Å². The number of hydrogen-bond acceptors (Lipinski definition) is 22. The van der Waals surface area contributed by atoms with Gasteiger partial charge in [0.25, 0.3) is 27.6 Å². The Labute approximate surface area is 537 Å². The second-order valence-electron chi connectivity index (χ2n) is 20.1. The van der Waals surface area contributed by atoms with E-state index in [0.717, 1.165) is 36.4 Å². The lowest BCUT2D eigenvalue weighted by Crippen LogP contribution is -2.40. The Balaban J connectivity index is 0.000000128. The van der Waals surface area contributed by atoms with Crippen molar-refractivity contribution >= 4 is 129 Å². The SMILES string of the molecule is O=C(O)c1cc(O)c2c(c1)[n+]([O-])c1ccccc1[n+]2[O-].O=C(O)c1cc(O)c2nc3ccccc3nc2c1.O=C(O)c1ccc(O)c(O)c1.O=C(O)c1ccc(O)c2c1[n+]([O-])c1ccccc1[n+]2[O-].O=C(O)c1ccc(O)c2nc3ccccc3nc12.[O-][n+]1onc2ccccc21. The molecular formula is C65H42N10O22. The first-order valence-electron chi connectivity index (χ1n) is 27.5. The summed E-state index contributed by atoms with van der Waals surface area (Å²) in [5.41, 5.74) is 3.06. The third-order valence-corrected chi connectivity index (χ3v) is 14.0. The summed E-state index contributed by atoms with van der Waals surface area (Å²) in [6, 6.07) is 46.0. The maximum Gasteiger partial charge on any atom is 0.342 e. The van der Waals surface area contributed by atoms with E-state index in [0.29, 0.717) is 68.0 Å². The van der Waals surface area contributed by atoms with Gasteiger partial charge in [-0.05, 0) is 95.9 Å². The average Bonchev–Trinajstić information content (AvgIpc) is 0.960. The zero-order valence-electron chi connectivity index (χ0n) is 48.8. The van der Waals surface area contributed by atoms with E-state index >= 15 is 0 Å². The zero-order valence-corrected chi connectivity index (χ0v) is 48.8. The van der Waals surface area contributed by atoms with Crippen LogP contribution in [0.4, 0.5) is 0 Å². The summed E-state index contributed by atoms with van der Waals surface area (Å²) < 4.78 is 5.89. The number of carboxylic acid groups (broad SMARTS) is 5. The molecule has 0 spiro atoms. The third-order valence-electron chi connectivity index (χ3n) is 14.0. The molecule has 0 radical (unpaired) electrons. The highest BCUT2D eigenvalue weighted by Gasteiger charge is 2.30. The van der Waals surface area contributed by atoms with Gasteiger partial charge in [-0.3, -0.25) is 4.63 Å². The van der Waals surface area contributed by atoms with Crippen LogP contribution < -0.4 is 23.8 Å². The number of aromatic hydroxyl groups is 6. The normalized spacial score (nSPS) is 10.7. The van der Waals surface area contributed by atoms with Crippen molar-refractivity contribution in [2.45, 2.75) is 0 Å². The molecule has 11 N–H and O–H groups in total. The molecule has 0 aliphatic carbocycles. The quantitative estimate of drug-likeness (QED) is 0.0359. The molecule has 32 nitrogen and oxygen atoms in total. The van der Waals surface area contributed by atoms with Gasteiger partial charge in [0.2, 0.25) is 11.0 Å². The molecule has 32 heteroatoms. The molecule has 5 heterocycles. The highest BCUT2D eigenvalue weighted by Crippen LogP contribution is 2.30. The number of phenols is 6. The van der Waals surface area contributed by atoms with Gasteiger partial charge in [-0.2, -0.15) is 18.9 Å². The van der Waals surface area contributed by atoms with Crippen LogP contribution in [0.2, 0.25) is 0 Å².